The van der Waals surface area contributed by atoms with Crippen molar-refractivity contribution in [2.75, 3.05) is 24.5 Å². The number of aromatic nitrogens is 3. The van der Waals surface area contributed by atoms with Gasteiger partial charge in [-0.1, -0.05) is 23.7 Å². The summed E-state index contributed by atoms with van der Waals surface area (Å²) in [7, 11) is 0. The van der Waals surface area contributed by atoms with Crippen molar-refractivity contribution in [2.45, 2.75) is 12.8 Å². The number of nitrogens with zero attached hydrogens (tertiary/aromatic N) is 4. The van der Waals surface area contributed by atoms with Crippen LogP contribution in [-0.4, -0.2) is 40.5 Å². The third kappa shape index (κ3) is 4.17. The van der Waals surface area contributed by atoms with Crippen LogP contribution in [0, 0.1) is 5.92 Å². The summed E-state index contributed by atoms with van der Waals surface area (Å²) < 4.78 is 0. The summed E-state index contributed by atoms with van der Waals surface area (Å²) >= 11 is 5.92. The van der Waals surface area contributed by atoms with Crippen LogP contribution in [0.15, 0.2) is 48.8 Å². The van der Waals surface area contributed by atoms with Crippen LogP contribution in [0.25, 0.3) is 11.0 Å². The molecule has 0 bridgehead atoms. The third-order valence-corrected chi connectivity index (χ3v) is 5.01. The van der Waals surface area contributed by atoms with Gasteiger partial charge in [0.1, 0.15) is 11.5 Å². The number of nitrogens with one attached hydrogen (secondary N) is 1. The molecule has 0 saturated carbocycles. The molecule has 1 atom stereocenters. The second-order valence-electron chi connectivity index (χ2n) is 6.74. The van der Waals surface area contributed by atoms with Gasteiger partial charge >= 0.3 is 0 Å². The summed E-state index contributed by atoms with van der Waals surface area (Å²) in [6.07, 6.45) is 5.34. The number of benzene rings is 1. The molecule has 3 heterocycles. The molecule has 138 valence electrons. The Morgan fingerprint density at radius 2 is 2.00 bits per heavy atom. The smallest absolute Gasteiger partial charge is 0.271 e. The number of hydrogen-bond donors (Lipinski definition) is 1. The molecule has 27 heavy (non-hydrogen) atoms. The van der Waals surface area contributed by atoms with Crippen LogP contribution >= 0.6 is 11.6 Å². The van der Waals surface area contributed by atoms with E-state index >= 15 is 0 Å². The van der Waals surface area contributed by atoms with Crippen LogP contribution in [0.1, 0.15) is 23.3 Å². The zero-order valence-electron chi connectivity index (χ0n) is 14.8. The largest absolute Gasteiger partial charge is 0.356 e. The summed E-state index contributed by atoms with van der Waals surface area (Å²) in [6.45, 7) is 2.44. The molecule has 1 saturated heterocycles. The van der Waals surface area contributed by atoms with Gasteiger partial charge in [-0.05, 0) is 43.0 Å². The minimum atomic E-state index is -0.185. The van der Waals surface area contributed by atoms with Gasteiger partial charge in [-0.2, -0.15) is 0 Å². The Hall–Kier alpha value is -2.73. The van der Waals surface area contributed by atoms with Gasteiger partial charge in [0, 0.05) is 25.8 Å². The molecule has 0 spiro atoms. The van der Waals surface area contributed by atoms with Crippen LogP contribution < -0.4 is 10.2 Å². The molecule has 0 radical (unpaired) electrons. The molecule has 1 aromatic carbocycles. The molecule has 7 heteroatoms. The van der Waals surface area contributed by atoms with E-state index in [-0.39, 0.29) is 5.91 Å². The van der Waals surface area contributed by atoms with E-state index in [1.54, 1.807) is 6.20 Å². The highest BCUT2D eigenvalue weighted by atomic mass is 35.5. The minimum Gasteiger partial charge on any atom is -0.356 e. The van der Waals surface area contributed by atoms with Gasteiger partial charge < -0.3 is 10.2 Å². The lowest BCUT2D eigenvalue weighted by Crippen LogP contribution is -2.41. The minimum absolute atomic E-state index is 0.185. The SMILES string of the molecule is O=C(NCC1CCCN(c2ccc(Cl)cn2)C1)c1cnc2ccccc2n1. The molecule has 1 N–H and O–H groups in total. The lowest BCUT2D eigenvalue weighted by molar-refractivity contribution is 0.0940. The number of piperidine rings is 1. The summed E-state index contributed by atoms with van der Waals surface area (Å²) in [6, 6.07) is 11.3. The van der Waals surface area contributed by atoms with E-state index in [9.17, 15) is 4.79 Å². The average Bonchev–Trinajstić information content (AvgIpc) is 2.72. The second-order valence-corrected chi connectivity index (χ2v) is 7.18. The highest BCUT2D eigenvalue weighted by molar-refractivity contribution is 6.30. The van der Waals surface area contributed by atoms with Crippen LogP contribution in [0.3, 0.4) is 0 Å². The van der Waals surface area contributed by atoms with Crippen molar-refractivity contribution in [1.82, 2.24) is 20.3 Å². The summed E-state index contributed by atoms with van der Waals surface area (Å²) in [5.41, 5.74) is 1.86. The van der Waals surface area contributed by atoms with Crippen LogP contribution in [-0.2, 0) is 0 Å². The number of halogens is 1. The maximum absolute atomic E-state index is 12.5. The molecular formula is C20H20ClN5O. The fraction of sp³-hybridized carbons (Fsp3) is 0.300. The monoisotopic (exact) mass is 381 g/mol. The number of carbonyl (C=O) groups is 1. The van der Waals surface area contributed by atoms with E-state index in [1.807, 2.05) is 36.4 Å². The quantitative estimate of drug-likeness (QED) is 0.750. The predicted molar refractivity (Wildman–Crippen MR) is 106 cm³/mol. The molecule has 1 aliphatic rings. The summed E-state index contributed by atoms with van der Waals surface area (Å²) in [4.78, 5) is 27.8. The van der Waals surface area contributed by atoms with E-state index in [2.05, 4.69) is 25.2 Å². The van der Waals surface area contributed by atoms with E-state index in [1.165, 1.54) is 6.20 Å². The molecule has 1 fully saturated rings. The highest BCUT2D eigenvalue weighted by Gasteiger charge is 2.22. The van der Waals surface area contributed by atoms with E-state index in [0.29, 0.717) is 23.2 Å². The number of pyridine rings is 1. The molecule has 3 aromatic rings. The van der Waals surface area contributed by atoms with Crippen LogP contribution in [0.4, 0.5) is 5.82 Å². The van der Waals surface area contributed by atoms with Crippen LogP contribution in [0.2, 0.25) is 5.02 Å². The van der Waals surface area contributed by atoms with E-state index in [0.717, 1.165) is 42.8 Å². The lowest BCUT2D eigenvalue weighted by atomic mass is 9.98. The van der Waals surface area contributed by atoms with Crippen molar-refractivity contribution in [1.29, 1.82) is 0 Å². The Morgan fingerprint density at radius 1 is 1.15 bits per heavy atom. The number of hydrogen-bond acceptors (Lipinski definition) is 5. The van der Waals surface area contributed by atoms with Gasteiger partial charge in [-0.15, -0.1) is 0 Å². The lowest BCUT2D eigenvalue weighted by Gasteiger charge is -2.33. The first-order chi connectivity index (χ1) is 13.2. The summed E-state index contributed by atoms with van der Waals surface area (Å²) in [5.74, 6) is 1.11. The molecule has 6 nitrogen and oxygen atoms in total. The first-order valence-corrected chi connectivity index (χ1v) is 9.43. The number of fused-ring (bicyclic) bond motifs is 1. The Balaban J connectivity index is 1.37. The van der Waals surface area contributed by atoms with Crippen molar-refractivity contribution in [2.24, 2.45) is 5.92 Å². The van der Waals surface area contributed by atoms with Crippen molar-refractivity contribution in [3.8, 4) is 0 Å². The Labute approximate surface area is 162 Å². The maximum Gasteiger partial charge on any atom is 0.271 e. The van der Waals surface area contributed by atoms with Gasteiger partial charge in [0.05, 0.1) is 22.3 Å². The molecule has 4 rings (SSSR count). The first kappa shape index (κ1) is 17.7. The second kappa shape index (κ2) is 7.88. The van der Waals surface area contributed by atoms with Gasteiger partial charge in [-0.3, -0.25) is 9.78 Å². The average molecular weight is 382 g/mol. The number of carbonyl (C=O) groups excluding carboxylic acids is 1. The summed E-state index contributed by atoms with van der Waals surface area (Å²) in [5, 5.41) is 3.64. The van der Waals surface area contributed by atoms with Gasteiger partial charge in [0.15, 0.2) is 0 Å². The fourth-order valence-corrected chi connectivity index (χ4v) is 3.50. The van der Waals surface area contributed by atoms with Crippen molar-refractivity contribution >= 4 is 34.4 Å². The van der Waals surface area contributed by atoms with Gasteiger partial charge in [0.2, 0.25) is 0 Å². The normalized spacial score (nSPS) is 17.1. The number of para-hydroxylation sites is 2. The first-order valence-electron chi connectivity index (χ1n) is 9.05. The standard InChI is InChI=1S/C20H20ClN5O/c21-15-7-8-19(23-11-15)26-9-3-4-14(13-26)10-24-20(27)18-12-22-16-5-1-2-6-17(16)25-18/h1-2,5-8,11-12,14H,3-4,9-10,13H2,(H,24,27). The van der Waals surface area contributed by atoms with Crippen molar-refractivity contribution in [3.05, 3.63) is 59.5 Å². The molecule has 1 aliphatic heterocycles. The Kier molecular flexibility index (Phi) is 5.16. The number of rotatable bonds is 4. The fourth-order valence-electron chi connectivity index (χ4n) is 3.39. The van der Waals surface area contributed by atoms with Crippen LogP contribution in [0.5, 0.6) is 0 Å². The molecule has 0 aliphatic carbocycles. The highest BCUT2D eigenvalue weighted by Crippen LogP contribution is 2.22. The van der Waals surface area contributed by atoms with Crippen molar-refractivity contribution < 1.29 is 4.79 Å². The van der Waals surface area contributed by atoms with Gasteiger partial charge in [0.25, 0.3) is 5.91 Å². The van der Waals surface area contributed by atoms with Crippen molar-refractivity contribution in [3.63, 3.8) is 0 Å². The zero-order valence-corrected chi connectivity index (χ0v) is 15.6. The molecular weight excluding hydrogens is 362 g/mol. The molecule has 2 aromatic heterocycles. The number of anilines is 1. The topological polar surface area (TPSA) is 71.0 Å². The predicted octanol–water partition coefficient (Wildman–Crippen LogP) is 3.32. The van der Waals surface area contributed by atoms with Gasteiger partial charge in [-0.25, -0.2) is 9.97 Å². The molecule has 1 unspecified atom stereocenters. The Bertz CT molecular complexity index is 947. The van der Waals surface area contributed by atoms with E-state index < -0.39 is 0 Å². The Morgan fingerprint density at radius 3 is 2.81 bits per heavy atom. The third-order valence-electron chi connectivity index (χ3n) is 4.79. The van der Waals surface area contributed by atoms with E-state index in [4.69, 9.17) is 11.6 Å². The number of amides is 1. The molecule has 1 amide bonds. The zero-order chi connectivity index (χ0) is 18.6. The maximum atomic E-state index is 12.5.